The summed E-state index contributed by atoms with van der Waals surface area (Å²) in [5, 5.41) is 2.04. The summed E-state index contributed by atoms with van der Waals surface area (Å²) < 4.78 is 0. The van der Waals surface area contributed by atoms with E-state index < -0.39 is 0 Å². The normalized spacial score (nSPS) is 10.8. The molecule has 0 saturated heterocycles. The molecule has 2 aromatic rings. The fourth-order valence-electron chi connectivity index (χ4n) is 0.933. The van der Waals surface area contributed by atoms with Crippen LogP contribution < -0.4 is 0 Å². The molecule has 0 atom stereocenters. The van der Waals surface area contributed by atoms with Gasteiger partial charge in [-0.1, -0.05) is 6.07 Å². The summed E-state index contributed by atoms with van der Waals surface area (Å²) in [6.07, 6.45) is 5.34. The summed E-state index contributed by atoms with van der Waals surface area (Å²) >= 11 is 1.68. The Labute approximate surface area is 80.6 Å². The third-order valence-electron chi connectivity index (χ3n) is 1.55. The highest BCUT2D eigenvalue weighted by molar-refractivity contribution is 7.11. The van der Waals surface area contributed by atoms with Gasteiger partial charge in [0.2, 0.25) is 0 Å². The van der Waals surface area contributed by atoms with Crippen LogP contribution in [-0.2, 0) is 0 Å². The molecule has 0 spiro atoms. The van der Waals surface area contributed by atoms with Crippen LogP contribution in [0.1, 0.15) is 4.88 Å². The molecule has 0 saturated carbocycles. The second-order valence-electron chi connectivity index (χ2n) is 2.48. The van der Waals surface area contributed by atoms with E-state index in [0.717, 1.165) is 10.6 Å². The first-order valence-corrected chi connectivity index (χ1v) is 4.81. The SMILES string of the molecule is C(=Nc1ccncc1)c1cccs1. The second-order valence-corrected chi connectivity index (χ2v) is 3.46. The largest absolute Gasteiger partial charge is 0.265 e. The number of nitrogens with zero attached hydrogens (tertiary/aromatic N) is 2. The zero-order valence-corrected chi connectivity index (χ0v) is 7.74. The van der Waals surface area contributed by atoms with Gasteiger partial charge in [-0.25, -0.2) is 0 Å². The third-order valence-corrected chi connectivity index (χ3v) is 2.35. The molecular formula is C10H8N2S. The van der Waals surface area contributed by atoms with E-state index in [4.69, 9.17) is 0 Å². The molecular weight excluding hydrogens is 180 g/mol. The van der Waals surface area contributed by atoms with E-state index in [9.17, 15) is 0 Å². The zero-order chi connectivity index (χ0) is 8.93. The van der Waals surface area contributed by atoms with Gasteiger partial charge in [-0.2, -0.15) is 0 Å². The van der Waals surface area contributed by atoms with Crippen LogP contribution in [0.3, 0.4) is 0 Å². The molecule has 0 unspecified atom stereocenters. The second kappa shape index (κ2) is 3.96. The molecule has 0 aliphatic heterocycles. The summed E-state index contributed by atoms with van der Waals surface area (Å²) in [7, 11) is 0. The quantitative estimate of drug-likeness (QED) is 0.665. The maximum atomic E-state index is 4.29. The highest BCUT2D eigenvalue weighted by atomic mass is 32.1. The lowest BCUT2D eigenvalue weighted by Crippen LogP contribution is -1.72. The molecule has 3 heteroatoms. The summed E-state index contributed by atoms with van der Waals surface area (Å²) in [5.41, 5.74) is 0.934. The van der Waals surface area contributed by atoms with Crippen LogP contribution in [0.5, 0.6) is 0 Å². The monoisotopic (exact) mass is 188 g/mol. The van der Waals surface area contributed by atoms with E-state index >= 15 is 0 Å². The minimum Gasteiger partial charge on any atom is -0.265 e. The fourth-order valence-corrected chi connectivity index (χ4v) is 1.52. The first-order chi connectivity index (χ1) is 6.45. The summed E-state index contributed by atoms with van der Waals surface area (Å²) in [6.45, 7) is 0. The molecule has 0 bridgehead atoms. The van der Waals surface area contributed by atoms with Crippen molar-refractivity contribution >= 4 is 23.2 Å². The predicted molar refractivity (Wildman–Crippen MR) is 55.8 cm³/mol. The number of aliphatic imine (C=N–C) groups is 1. The molecule has 0 N–H and O–H groups in total. The number of rotatable bonds is 2. The van der Waals surface area contributed by atoms with E-state index in [-0.39, 0.29) is 0 Å². The van der Waals surface area contributed by atoms with Crippen LogP contribution >= 0.6 is 11.3 Å². The molecule has 2 rings (SSSR count). The maximum absolute atomic E-state index is 4.29. The molecule has 0 fully saturated rings. The van der Waals surface area contributed by atoms with Gasteiger partial charge in [0.05, 0.1) is 5.69 Å². The lowest BCUT2D eigenvalue weighted by molar-refractivity contribution is 1.32. The lowest BCUT2D eigenvalue weighted by Gasteiger charge is -1.88. The summed E-state index contributed by atoms with van der Waals surface area (Å²) in [6, 6.07) is 7.81. The number of hydrogen-bond acceptors (Lipinski definition) is 3. The van der Waals surface area contributed by atoms with Crippen molar-refractivity contribution in [1.29, 1.82) is 0 Å². The van der Waals surface area contributed by atoms with Crippen LogP contribution in [-0.4, -0.2) is 11.2 Å². The van der Waals surface area contributed by atoms with Crippen LogP contribution in [0.4, 0.5) is 5.69 Å². The van der Waals surface area contributed by atoms with Gasteiger partial charge in [-0.05, 0) is 23.6 Å². The van der Waals surface area contributed by atoms with Crippen molar-refractivity contribution in [2.24, 2.45) is 4.99 Å². The van der Waals surface area contributed by atoms with Gasteiger partial charge in [-0.3, -0.25) is 9.98 Å². The number of aromatic nitrogens is 1. The van der Waals surface area contributed by atoms with Crippen molar-refractivity contribution in [2.75, 3.05) is 0 Å². The van der Waals surface area contributed by atoms with Crippen molar-refractivity contribution in [2.45, 2.75) is 0 Å². The molecule has 2 nitrogen and oxygen atoms in total. The summed E-state index contributed by atoms with van der Waals surface area (Å²) in [4.78, 5) is 9.38. The average molecular weight is 188 g/mol. The molecule has 0 radical (unpaired) electrons. The molecule has 2 heterocycles. The fraction of sp³-hybridized carbons (Fsp3) is 0. The standard InChI is InChI=1S/C10H8N2S/c1-2-10(13-7-1)8-12-9-3-5-11-6-4-9/h1-8H. The molecule has 0 aliphatic carbocycles. The Bertz CT molecular complexity index is 379. The van der Waals surface area contributed by atoms with Crippen molar-refractivity contribution in [3.05, 3.63) is 46.9 Å². The Morgan fingerprint density at radius 2 is 2.08 bits per heavy atom. The Morgan fingerprint density at radius 1 is 1.23 bits per heavy atom. The van der Waals surface area contributed by atoms with Gasteiger partial charge >= 0.3 is 0 Å². The third kappa shape index (κ3) is 2.23. The zero-order valence-electron chi connectivity index (χ0n) is 6.92. The van der Waals surface area contributed by atoms with E-state index in [1.807, 2.05) is 35.9 Å². The Kier molecular flexibility index (Phi) is 2.48. The smallest absolute Gasteiger partial charge is 0.0660 e. The topological polar surface area (TPSA) is 25.2 Å². The van der Waals surface area contributed by atoms with Crippen molar-refractivity contribution in [1.82, 2.24) is 4.98 Å². The van der Waals surface area contributed by atoms with Gasteiger partial charge in [0, 0.05) is 23.5 Å². The van der Waals surface area contributed by atoms with Crippen molar-refractivity contribution < 1.29 is 0 Å². The Hall–Kier alpha value is -1.48. The van der Waals surface area contributed by atoms with Gasteiger partial charge in [-0.15, -0.1) is 11.3 Å². The lowest BCUT2D eigenvalue weighted by atomic mass is 10.4. The number of thiophene rings is 1. The van der Waals surface area contributed by atoms with E-state index in [1.165, 1.54) is 0 Å². The highest BCUT2D eigenvalue weighted by Gasteiger charge is 1.87. The number of pyridine rings is 1. The summed E-state index contributed by atoms with van der Waals surface area (Å²) in [5.74, 6) is 0. The molecule has 13 heavy (non-hydrogen) atoms. The van der Waals surface area contributed by atoms with Crippen LogP contribution in [0.2, 0.25) is 0 Å². The van der Waals surface area contributed by atoms with E-state index in [0.29, 0.717) is 0 Å². The average Bonchev–Trinajstić information content (AvgIpc) is 2.69. The molecule has 0 aromatic carbocycles. The highest BCUT2D eigenvalue weighted by Crippen LogP contribution is 2.10. The van der Waals surface area contributed by atoms with Crippen LogP contribution in [0.25, 0.3) is 0 Å². The van der Waals surface area contributed by atoms with Crippen molar-refractivity contribution in [3.63, 3.8) is 0 Å². The molecule has 0 aliphatic rings. The Balaban J connectivity index is 2.15. The minimum atomic E-state index is 0.934. The van der Waals surface area contributed by atoms with Crippen LogP contribution in [0.15, 0.2) is 47.0 Å². The maximum Gasteiger partial charge on any atom is 0.0660 e. The van der Waals surface area contributed by atoms with Crippen LogP contribution in [0, 0.1) is 0 Å². The minimum absolute atomic E-state index is 0.934. The molecule has 0 amide bonds. The van der Waals surface area contributed by atoms with Gasteiger partial charge < -0.3 is 0 Å². The van der Waals surface area contributed by atoms with Gasteiger partial charge in [0.1, 0.15) is 0 Å². The van der Waals surface area contributed by atoms with Crippen molar-refractivity contribution in [3.8, 4) is 0 Å². The van der Waals surface area contributed by atoms with E-state index in [1.54, 1.807) is 23.7 Å². The van der Waals surface area contributed by atoms with E-state index in [2.05, 4.69) is 9.98 Å². The predicted octanol–water partition coefficient (Wildman–Crippen LogP) is 2.89. The molecule has 2 aromatic heterocycles. The first kappa shape index (κ1) is 8.13. The van der Waals surface area contributed by atoms with Gasteiger partial charge in [0.15, 0.2) is 0 Å². The van der Waals surface area contributed by atoms with Gasteiger partial charge in [0.25, 0.3) is 0 Å². The Morgan fingerprint density at radius 3 is 2.77 bits per heavy atom. The number of hydrogen-bond donors (Lipinski definition) is 0. The molecule has 64 valence electrons. The first-order valence-electron chi connectivity index (χ1n) is 3.93.